The van der Waals surface area contributed by atoms with Gasteiger partial charge in [0.1, 0.15) is 0 Å². The Labute approximate surface area is 129 Å². The van der Waals surface area contributed by atoms with Crippen LogP contribution in [0.2, 0.25) is 0 Å². The lowest BCUT2D eigenvalue weighted by Crippen LogP contribution is -2.28. The van der Waals surface area contributed by atoms with Crippen molar-refractivity contribution in [3.63, 3.8) is 0 Å². The van der Waals surface area contributed by atoms with Crippen LogP contribution in [0.15, 0.2) is 24.3 Å². The van der Waals surface area contributed by atoms with Crippen molar-refractivity contribution in [3.05, 3.63) is 52.3 Å². The van der Waals surface area contributed by atoms with E-state index in [1.165, 1.54) is 0 Å². The van der Waals surface area contributed by atoms with Crippen LogP contribution in [0.1, 0.15) is 32.9 Å². The van der Waals surface area contributed by atoms with Gasteiger partial charge in [-0.15, -0.1) is 0 Å². The molecule has 0 spiro atoms. The van der Waals surface area contributed by atoms with Crippen LogP contribution in [0.25, 0.3) is 0 Å². The van der Waals surface area contributed by atoms with E-state index in [9.17, 15) is 4.79 Å². The van der Waals surface area contributed by atoms with Crippen molar-refractivity contribution in [1.29, 1.82) is 0 Å². The van der Waals surface area contributed by atoms with Gasteiger partial charge >= 0.3 is 0 Å². The minimum Gasteiger partial charge on any atom is -0.380 e. The molecule has 3 rings (SSSR count). The number of ether oxygens (including phenoxy) is 1. The van der Waals surface area contributed by atoms with E-state index in [1.54, 1.807) is 7.11 Å². The number of aromatic nitrogens is 2. The number of nitrogens with zero attached hydrogens (tertiary/aromatic N) is 1. The van der Waals surface area contributed by atoms with E-state index < -0.39 is 0 Å². The monoisotopic (exact) mass is 300 g/mol. The fourth-order valence-corrected chi connectivity index (χ4v) is 2.68. The van der Waals surface area contributed by atoms with Gasteiger partial charge in [0.25, 0.3) is 5.91 Å². The molecule has 22 heavy (non-hydrogen) atoms. The van der Waals surface area contributed by atoms with Crippen molar-refractivity contribution < 1.29 is 9.53 Å². The Hall–Kier alpha value is -2.18. The predicted octanol–water partition coefficient (Wildman–Crippen LogP) is 1.13. The van der Waals surface area contributed by atoms with Crippen LogP contribution in [0, 0.1) is 0 Å². The molecule has 0 aliphatic carbocycles. The third-order valence-corrected chi connectivity index (χ3v) is 3.78. The van der Waals surface area contributed by atoms with Crippen LogP contribution in [0.5, 0.6) is 0 Å². The molecule has 0 radical (unpaired) electrons. The number of nitrogens with one attached hydrogen (secondary N) is 3. The molecule has 116 valence electrons. The van der Waals surface area contributed by atoms with Crippen LogP contribution >= 0.6 is 0 Å². The molecule has 1 aromatic carbocycles. The zero-order chi connectivity index (χ0) is 15.4. The van der Waals surface area contributed by atoms with E-state index in [1.807, 2.05) is 24.3 Å². The molecule has 0 fully saturated rings. The maximum atomic E-state index is 12.3. The molecule has 2 heterocycles. The van der Waals surface area contributed by atoms with Crippen LogP contribution in [-0.2, 0) is 30.9 Å². The first-order chi connectivity index (χ1) is 10.8. The highest BCUT2D eigenvalue weighted by Crippen LogP contribution is 2.15. The van der Waals surface area contributed by atoms with Gasteiger partial charge < -0.3 is 15.4 Å². The summed E-state index contributed by atoms with van der Waals surface area (Å²) < 4.78 is 5.12. The molecule has 2 aromatic rings. The molecule has 0 unspecified atom stereocenters. The molecule has 1 aliphatic rings. The maximum Gasteiger partial charge on any atom is 0.272 e. The summed E-state index contributed by atoms with van der Waals surface area (Å²) in [5.74, 6) is -0.140. The first-order valence-corrected chi connectivity index (χ1v) is 7.39. The second-order valence-corrected chi connectivity index (χ2v) is 5.39. The summed E-state index contributed by atoms with van der Waals surface area (Å²) in [5, 5.41) is 13.3. The lowest BCUT2D eigenvalue weighted by Gasteiger charge is -2.13. The van der Waals surface area contributed by atoms with Crippen molar-refractivity contribution in [3.8, 4) is 0 Å². The van der Waals surface area contributed by atoms with E-state index in [2.05, 4.69) is 20.8 Å². The normalized spacial score (nSPS) is 13.7. The molecule has 3 N–H and O–H groups in total. The van der Waals surface area contributed by atoms with Gasteiger partial charge in [0.15, 0.2) is 5.69 Å². The molecule has 1 amide bonds. The Bertz CT molecular complexity index is 666. The Balaban J connectivity index is 1.65. The van der Waals surface area contributed by atoms with Crippen LogP contribution < -0.4 is 10.6 Å². The summed E-state index contributed by atoms with van der Waals surface area (Å²) in [6.45, 7) is 2.66. The Morgan fingerprint density at radius 2 is 2.27 bits per heavy atom. The van der Waals surface area contributed by atoms with Gasteiger partial charge in [0.05, 0.1) is 6.61 Å². The molecule has 1 aromatic heterocycles. The minimum absolute atomic E-state index is 0.140. The number of carbonyl (C=O) groups excluding carboxylic acids is 1. The van der Waals surface area contributed by atoms with E-state index in [0.717, 1.165) is 35.3 Å². The summed E-state index contributed by atoms with van der Waals surface area (Å²) in [7, 11) is 1.67. The van der Waals surface area contributed by atoms with Gasteiger partial charge in [-0.05, 0) is 11.1 Å². The van der Waals surface area contributed by atoms with Crippen molar-refractivity contribution in [2.75, 3.05) is 13.7 Å². The number of hydrogen-bond donors (Lipinski definition) is 3. The van der Waals surface area contributed by atoms with Gasteiger partial charge in [-0.25, -0.2) is 0 Å². The second-order valence-electron chi connectivity index (χ2n) is 5.39. The molecule has 0 saturated heterocycles. The fraction of sp³-hybridized carbons (Fsp3) is 0.375. The largest absolute Gasteiger partial charge is 0.380 e. The lowest BCUT2D eigenvalue weighted by molar-refractivity contribution is 0.0944. The zero-order valence-electron chi connectivity index (χ0n) is 12.6. The number of aromatic amines is 1. The number of carbonyl (C=O) groups is 1. The molecule has 6 nitrogen and oxygen atoms in total. The summed E-state index contributed by atoms with van der Waals surface area (Å²) in [6.07, 6.45) is 0.884. The number of amides is 1. The molecule has 0 atom stereocenters. The average molecular weight is 300 g/mol. The first-order valence-electron chi connectivity index (χ1n) is 7.39. The van der Waals surface area contributed by atoms with Crippen LogP contribution in [-0.4, -0.2) is 29.8 Å². The highest BCUT2D eigenvalue weighted by Gasteiger charge is 2.21. The highest BCUT2D eigenvalue weighted by atomic mass is 16.5. The smallest absolute Gasteiger partial charge is 0.272 e. The minimum atomic E-state index is -0.140. The van der Waals surface area contributed by atoms with Crippen molar-refractivity contribution in [2.45, 2.75) is 26.1 Å². The first kappa shape index (κ1) is 14.7. The third-order valence-electron chi connectivity index (χ3n) is 3.78. The molecular weight excluding hydrogens is 280 g/mol. The van der Waals surface area contributed by atoms with E-state index in [-0.39, 0.29) is 5.91 Å². The van der Waals surface area contributed by atoms with Gasteiger partial charge in [-0.1, -0.05) is 24.3 Å². The number of H-pyrrole nitrogens is 1. The quantitative estimate of drug-likeness (QED) is 0.773. The standard InChI is InChI=1S/C16H20N4O2/c1-22-10-12-4-2-3-11(7-12)8-18-16(21)15-13-9-17-6-5-14(13)19-20-15/h2-4,7,17H,5-6,8-10H2,1H3,(H,18,21)(H,19,20). The summed E-state index contributed by atoms with van der Waals surface area (Å²) in [5.41, 5.74) is 4.68. The van der Waals surface area contributed by atoms with Crippen LogP contribution in [0.4, 0.5) is 0 Å². The molecule has 0 saturated carbocycles. The van der Waals surface area contributed by atoms with E-state index >= 15 is 0 Å². The van der Waals surface area contributed by atoms with Gasteiger partial charge in [-0.2, -0.15) is 5.10 Å². The molecule has 0 bridgehead atoms. The molecule has 6 heteroatoms. The van der Waals surface area contributed by atoms with E-state index in [4.69, 9.17) is 4.74 Å². The zero-order valence-corrected chi connectivity index (χ0v) is 12.6. The Kier molecular flexibility index (Phi) is 4.50. The van der Waals surface area contributed by atoms with Gasteiger partial charge in [0.2, 0.25) is 0 Å². The van der Waals surface area contributed by atoms with Crippen molar-refractivity contribution >= 4 is 5.91 Å². The van der Waals surface area contributed by atoms with Crippen molar-refractivity contribution in [2.24, 2.45) is 0 Å². The third kappa shape index (κ3) is 3.18. The molecular formula is C16H20N4O2. The summed E-state index contributed by atoms with van der Waals surface area (Å²) in [6, 6.07) is 7.99. The Morgan fingerprint density at radius 3 is 3.14 bits per heavy atom. The van der Waals surface area contributed by atoms with Crippen molar-refractivity contribution in [1.82, 2.24) is 20.8 Å². The number of fused-ring (bicyclic) bond motifs is 1. The molecule has 1 aliphatic heterocycles. The number of rotatable bonds is 5. The van der Waals surface area contributed by atoms with E-state index in [0.29, 0.717) is 25.4 Å². The number of hydrogen-bond acceptors (Lipinski definition) is 4. The maximum absolute atomic E-state index is 12.3. The predicted molar refractivity (Wildman–Crippen MR) is 82.3 cm³/mol. The fourth-order valence-electron chi connectivity index (χ4n) is 2.68. The summed E-state index contributed by atoms with van der Waals surface area (Å²) in [4.78, 5) is 12.3. The number of benzene rings is 1. The number of methoxy groups -OCH3 is 1. The summed E-state index contributed by atoms with van der Waals surface area (Å²) >= 11 is 0. The average Bonchev–Trinajstić information content (AvgIpc) is 2.97. The Morgan fingerprint density at radius 1 is 1.41 bits per heavy atom. The highest BCUT2D eigenvalue weighted by molar-refractivity contribution is 5.94. The van der Waals surface area contributed by atoms with Crippen LogP contribution in [0.3, 0.4) is 0 Å². The topological polar surface area (TPSA) is 79.0 Å². The lowest BCUT2D eigenvalue weighted by atomic mass is 10.1. The van der Waals surface area contributed by atoms with Gasteiger partial charge in [0, 0.05) is 44.4 Å². The SMILES string of the molecule is COCc1cccc(CNC(=O)c2n[nH]c3c2CNCC3)c1. The second kappa shape index (κ2) is 6.72. The van der Waals surface area contributed by atoms with Gasteiger partial charge in [-0.3, -0.25) is 9.89 Å².